The van der Waals surface area contributed by atoms with E-state index in [4.69, 9.17) is 0 Å². The molecule has 1 atom stereocenters. The summed E-state index contributed by atoms with van der Waals surface area (Å²) in [5.74, 6) is 1.90. The van der Waals surface area contributed by atoms with Gasteiger partial charge in [-0.1, -0.05) is 0 Å². The van der Waals surface area contributed by atoms with Crippen molar-refractivity contribution in [2.75, 3.05) is 0 Å². The number of allylic oxidation sites excluding steroid dienone is 1. The Morgan fingerprint density at radius 1 is 1.89 bits per heavy atom. The summed E-state index contributed by atoms with van der Waals surface area (Å²) in [5.41, 5.74) is 0.646. The second-order valence-electron chi connectivity index (χ2n) is 2.05. The molecule has 0 rings (SSSR count). The molecule has 0 nitrogen and oxygen atoms in total. The molecule has 0 saturated heterocycles. The summed E-state index contributed by atoms with van der Waals surface area (Å²) in [4.78, 5) is 0. The van der Waals surface area contributed by atoms with Gasteiger partial charge in [-0.25, -0.2) is 0 Å². The van der Waals surface area contributed by atoms with Gasteiger partial charge in [-0.05, 0) is 0 Å². The van der Waals surface area contributed by atoms with Crippen molar-refractivity contribution in [2.24, 2.45) is 0 Å². The summed E-state index contributed by atoms with van der Waals surface area (Å²) >= 11 is 0. The second kappa shape index (κ2) is 4.48. The van der Waals surface area contributed by atoms with E-state index >= 15 is 0 Å². The first kappa shape index (κ1) is 8.60. The van der Waals surface area contributed by atoms with Gasteiger partial charge in [0, 0.05) is 0 Å². The number of alkyl halides is 1. The molecule has 0 aromatic heterocycles. The minimum atomic E-state index is -0.874. The molecule has 0 bridgehead atoms. The fourth-order valence-electron chi connectivity index (χ4n) is 0.432. The molecule has 0 aliphatic carbocycles. The predicted octanol–water partition coefficient (Wildman–Crippen LogP) is 1.85. The summed E-state index contributed by atoms with van der Waals surface area (Å²) in [7, 11) is 0. The standard InChI is InChI=1S/C7H12BF/c1-4-8-5-6(2)7(3)9/h4,7H,2,5H2,1,3H3. The van der Waals surface area contributed by atoms with Crippen LogP contribution in [0.3, 0.4) is 0 Å². The number of halogens is 1. The first-order chi connectivity index (χ1) is 4.18. The SMILES string of the molecule is C=C(CB=CC)C(C)F. The van der Waals surface area contributed by atoms with Crippen LogP contribution in [-0.2, 0) is 0 Å². The van der Waals surface area contributed by atoms with Gasteiger partial charge in [-0.3, -0.25) is 0 Å². The monoisotopic (exact) mass is 126 g/mol. The summed E-state index contributed by atoms with van der Waals surface area (Å²) in [5, 5.41) is 0. The number of rotatable bonds is 3. The van der Waals surface area contributed by atoms with E-state index in [1.54, 1.807) is 0 Å². The average Bonchev–Trinajstić information content (AvgIpc) is 1.82. The van der Waals surface area contributed by atoms with E-state index in [1.165, 1.54) is 6.92 Å². The Labute approximate surface area is 56.7 Å². The van der Waals surface area contributed by atoms with Crippen molar-refractivity contribution in [1.29, 1.82) is 0 Å². The van der Waals surface area contributed by atoms with Gasteiger partial charge in [-0.2, -0.15) is 0 Å². The third kappa shape index (κ3) is 4.13. The van der Waals surface area contributed by atoms with Crippen molar-refractivity contribution in [2.45, 2.75) is 26.3 Å². The Morgan fingerprint density at radius 2 is 2.44 bits per heavy atom. The van der Waals surface area contributed by atoms with Crippen LogP contribution in [0.4, 0.5) is 4.39 Å². The minimum absolute atomic E-state index is 0.646. The second-order valence-corrected chi connectivity index (χ2v) is 2.05. The molecule has 0 heterocycles. The van der Waals surface area contributed by atoms with Gasteiger partial charge in [0.05, 0.1) is 0 Å². The molecule has 0 N–H and O–H groups in total. The van der Waals surface area contributed by atoms with E-state index in [1.807, 2.05) is 19.8 Å². The van der Waals surface area contributed by atoms with E-state index in [9.17, 15) is 4.39 Å². The van der Waals surface area contributed by atoms with E-state index < -0.39 is 6.17 Å². The van der Waals surface area contributed by atoms with Gasteiger partial charge < -0.3 is 0 Å². The van der Waals surface area contributed by atoms with Gasteiger partial charge in [0.25, 0.3) is 0 Å². The van der Waals surface area contributed by atoms with Gasteiger partial charge in [0.2, 0.25) is 0 Å². The summed E-state index contributed by atoms with van der Waals surface area (Å²) < 4.78 is 12.3. The van der Waals surface area contributed by atoms with Crippen LogP contribution in [0.1, 0.15) is 13.8 Å². The topological polar surface area (TPSA) is 0 Å². The van der Waals surface area contributed by atoms with Gasteiger partial charge in [-0.15, -0.1) is 0 Å². The van der Waals surface area contributed by atoms with E-state index in [0.717, 1.165) is 0 Å². The Bertz CT molecular complexity index is 116. The predicted molar refractivity (Wildman–Crippen MR) is 42.0 cm³/mol. The molecular weight excluding hydrogens is 114 g/mol. The third-order valence-electron chi connectivity index (χ3n) is 1.18. The fourth-order valence-corrected chi connectivity index (χ4v) is 0.432. The van der Waals surface area contributed by atoms with Crippen LogP contribution in [0.25, 0.3) is 0 Å². The molecule has 9 heavy (non-hydrogen) atoms. The Morgan fingerprint density at radius 3 is 2.78 bits per heavy atom. The molecule has 0 saturated carbocycles. The van der Waals surface area contributed by atoms with Crippen molar-refractivity contribution in [3.8, 4) is 0 Å². The van der Waals surface area contributed by atoms with Crippen molar-refractivity contribution in [1.82, 2.24) is 0 Å². The van der Waals surface area contributed by atoms with Crippen LogP contribution in [-0.4, -0.2) is 19.1 Å². The molecule has 50 valence electrons. The Hall–Kier alpha value is -0.395. The Balaban J connectivity index is 3.51. The molecule has 2 heteroatoms. The van der Waals surface area contributed by atoms with Gasteiger partial charge >= 0.3 is 55.8 Å². The molecule has 0 aromatic rings. The van der Waals surface area contributed by atoms with Gasteiger partial charge in [0.1, 0.15) is 0 Å². The average molecular weight is 126 g/mol. The van der Waals surface area contributed by atoms with Crippen LogP contribution in [0, 0.1) is 0 Å². The first-order valence-electron chi connectivity index (χ1n) is 3.11. The summed E-state index contributed by atoms with van der Waals surface area (Å²) in [6, 6.07) is 0. The molecule has 0 aromatic carbocycles. The van der Waals surface area contributed by atoms with Gasteiger partial charge in [0.15, 0.2) is 0 Å². The van der Waals surface area contributed by atoms with E-state index in [0.29, 0.717) is 11.9 Å². The van der Waals surface area contributed by atoms with Crippen molar-refractivity contribution < 1.29 is 4.39 Å². The molecule has 0 amide bonds. The molecule has 0 aliphatic rings. The zero-order valence-corrected chi connectivity index (χ0v) is 6.02. The summed E-state index contributed by atoms with van der Waals surface area (Å²) in [6.07, 6.45) is -0.213. The molecule has 0 fully saturated rings. The van der Waals surface area contributed by atoms with Crippen LogP contribution in [0.2, 0.25) is 6.32 Å². The maximum atomic E-state index is 12.3. The molecule has 0 radical (unpaired) electrons. The number of hydrogen-bond acceptors (Lipinski definition) is 0. The van der Waals surface area contributed by atoms with Crippen molar-refractivity contribution in [3.05, 3.63) is 12.2 Å². The van der Waals surface area contributed by atoms with Crippen LogP contribution < -0.4 is 0 Å². The van der Waals surface area contributed by atoms with Crippen molar-refractivity contribution in [3.63, 3.8) is 0 Å². The zero-order valence-electron chi connectivity index (χ0n) is 6.02. The number of hydrogen-bond donors (Lipinski definition) is 0. The van der Waals surface area contributed by atoms with Crippen LogP contribution in [0.15, 0.2) is 12.2 Å². The third-order valence-corrected chi connectivity index (χ3v) is 1.18. The van der Waals surface area contributed by atoms with E-state index in [-0.39, 0.29) is 0 Å². The quantitative estimate of drug-likeness (QED) is 0.399. The summed E-state index contributed by atoms with van der Waals surface area (Å²) in [6.45, 7) is 8.89. The first-order valence-corrected chi connectivity index (χ1v) is 3.11. The Kier molecular flexibility index (Phi) is 4.28. The van der Waals surface area contributed by atoms with Crippen molar-refractivity contribution >= 4 is 12.9 Å². The molecule has 1 unspecified atom stereocenters. The molecule has 0 aliphatic heterocycles. The maximum absolute atomic E-state index is 12.3. The fraction of sp³-hybridized carbons (Fsp3) is 0.571. The van der Waals surface area contributed by atoms with Crippen LogP contribution >= 0.6 is 0 Å². The van der Waals surface area contributed by atoms with E-state index in [2.05, 4.69) is 6.58 Å². The normalized spacial score (nSPS) is 13.2. The molecular formula is C7H12BF. The zero-order chi connectivity index (χ0) is 7.28. The molecule has 0 spiro atoms. The van der Waals surface area contributed by atoms with Crippen LogP contribution in [0.5, 0.6) is 0 Å².